The van der Waals surface area contributed by atoms with Gasteiger partial charge in [-0.3, -0.25) is 4.79 Å². The van der Waals surface area contributed by atoms with Gasteiger partial charge < -0.3 is 9.47 Å². The van der Waals surface area contributed by atoms with E-state index in [-0.39, 0.29) is 17.6 Å². The fourth-order valence-electron chi connectivity index (χ4n) is 4.24. The van der Waals surface area contributed by atoms with Crippen LogP contribution in [0.2, 0.25) is 0 Å². The van der Waals surface area contributed by atoms with Crippen molar-refractivity contribution in [3.8, 4) is 0 Å². The standard InChI is InChI=1S/C19H22O5/c1-8(2)18(21)23-13-7-10(4)14-12(20)6-9(3)15(14)17-16(13)11(5)19(22)24-17/h9,13,15-17H,1,5-7H2,2-4H3/t9-,13+,15?,16-,17-/m1/s1. The molecule has 128 valence electrons. The summed E-state index contributed by atoms with van der Waals surface area (Å²) in [6.45, 7) is 12.9. The van der Waals surface area contributed by atoms with Gasteiger partial charge in [0, 0.05) is 35.5 Å². The van der Waals surface area contributed by atoms with Crippen molar-refractivity contribution in [1.29, 1.82) is 0 Å². The molecule has 0 radical (unpaired) electrons. The molecule has 2 aliphatic carbocycles. The van der Waals surface area contributed by atoms with Crippen molar-refractivity contribution in [2.24, 2.45) is 17.8 Å². The molecule has 1 saturated heterocycles. The van der Waals surface area contributed by atoms with E-state index in [1.807, 2.05) is 13.8 Å². The van der Waals surface area contributed by atoms with Crippen LogP contribution in [-0.4, -0.2) is 29.9 Å². The van der Waals surface area contributed by atoms with Crippen LogP contribution in [-0.2, 0) is 23.9 Å². The van der Waals surface area contributed by atoms with Crippen LogP contribution >= 0.6 is 0 Å². The van der Waals surface area contributed by atoms with Gasteiger partial charge in [-0.2, -0.15) is 0 Å². The highest BCUT2D eigenvalue weighted by atomic mass is 16.6. The number of hydrogen-bond donors (Lipinski definition) is 0. The molecule has 0 bridgehead atoms. The van der Waals surface area contributed by atoms with Crippen LogP contribution in [0.15, 0.2) is 35.5 Å². The van der Waals surface area contributed by atoms with Crippen LogP contribution in [0.1, 0.15) is 33.6 Å². The lowest BCUT2D eigenvalue weighted by Crippen LogP contribution is -2.37. The zero-order chi connectivity index (χ0) is 17.8. The number of fused-ring (bicyclic) bond motifs is 3. The van der Waals surface area contributed by atoms with Crippen molar-refractivity contribution in [2.75, 3.05) is 0 Å². The highest BCUT2D eigenvalue weighted by Crippen LogP contribution is 2.50. The fraction of sp³-hybridized carbons (Fsp3) is 0.526. The molecule has 1 aliphatic heterocycles. The molecule has 1 saturated carbocycles. The molecule has 1 unspecified atom stereocenters. The second-order valence-electron chi connectivity index (χ2n) is 7.17. The van der Waals surface area contributed by atoms with E-state index in [1.54, 1.807) is 6.92 Å². The Balaban J connectivity index is 2.05. The Kier molecular flexibility index (Phi) is 3.98. The van der Waals surface area contributed by atoms with Crippen molar-refractivity contribution in [3.63, 3.8) is 0 Å². The van der Waals surface area contributed by atoms with Crippen molar-refractivity contribution < 1.29 is 23.9 Å². The molecule has 24 heavy (non-hydrogen) atoms. The van der Waals surface area contributed by atoms with Crippen LogP contribution < -0.4 is 0 Å². The first-order valence-electron chi connectivity index (χ1n) is 8.21. The molecule has 5 heteroatoms. The van der Waals surface area contributed by atoms with E-state index in [0.29, 0.717) is 24.0 Å². The first-order valence-corrected chi connectivity index (χ1v) is 8.21. The maximum atomic E-state index is 12.4. The number of rotatable bonds is 2. The Morgan fingerprint density at radius 3 is 2.54 bits per heavy atom. The topological polar surface area (TPSA) is 69.7 Å². The molecular formula is C19H22O5. The van der Waals surface area contributed by atoms with Gasteiger partial charge in [0.2, 0.25) is 0 Å². The highest BCUT2D eigenvalue weighted by Gasteiger charge is 2.55. The average molecular weight is 330 g/mol. The fourth-order valence-corrected chi connectivity index (χ4v) is 4.24. The normalized spacial score (nSPS) is 35.3. The lowest BCUT2D eigenvalue weighted by atomic mass is 9.80. The number of hydrogen-bond acceptors (Lipinski definition) is 5. The summed E-state index contributed by atoms with van der Waals surface area (Å²) in [6.07, 6.45) is -0.209. The third-order valence-corrected chi connectivity index (χ3v) is 5.34. The molecule has 0 amide bonds. The van der Waals surface area contributed by atoms with Gasteiger partial charge in [-0.05, 0) is 19.8 Å². The van der Waals surface area contributed by atoms with Gasteiger partial charge in [0.25, 0.3) is 0 Å². The van der Waals surface area contributed by atoms with Crippen molar-refractivity contribution >= 4 is 17.7 Å². The molecule has 0 aromatic rings. The van der Waals surface area contributed by atoms with E-state index < -0.39 is 30.1 Å². The summed E-state index contributed by atoms with van der Waals surface area (Å²) >= 11 is 0. The summed E-state index contributed by atoms with van der Waals surface area (Å²) in [5, 5.41) is 0. The van der Waals surface area contributed by atoms with Gasteiger partial charge >= 0.3 is 11.9 Å². The van der Waals surface area contributed by atoms with E-state index in [0.717, 1.165) is 11.1 Å². The largest absolute Gasteiger partial charge is 0.458 e. The van der Waals surface area contributed by atoms with Gasteiger partial charge in [0.1, 0.15) is 12.2 Å². The first-order chi connectivity index (χ1) is 11.2. The van der Waals surface area contributed by atoms with Gasteiger partial charge in [0.15, 0.2) is 5.78 Å². The smallest absolute Gasteiger partial charge is 0.334 e. The Morgan fingerprint density at radius 2 is 1.92 bits per heavy atom. The van der Waals surface area contributed by atoms with E-state index in [2.05, 4.69) is 13.2 Å². The van der Waals surface area contributed by atoms with Crippen LogP contribution in [0, 0.1) is 17.8 Å². The number of carbonyl (C=O) groups is 3. The van der Waals surface area contributed by atoms with Crippen molar-refractivity contribution in [1.82, 2.24) is 0 Å². The summed E-state index contributed by atoms with van der Waals surface area (Å²) in [5.41, 5.74) is 2.27. The quantitative estimate of drug-likeness (QED) is 0.575. The molecule has 3 aliphatic rings. The van der Waals surface area contributed by atoms with Crippen LogP contribution in [0.4, 0.5) is 0 Å². The predicted octanol–water partition coefficient (Wildman–Crippen LogP) is 2.52. The van der Waals surface area contributed by atoms with Gasteiger partial charge in [-0.15, -0.1) is 0 Å². The minimum absolute atomic E-state index is 0.0873. The molecule has 5 atom stereocenters. The summed E-state index contributed by atoms with van der Waals surface area (Å²) in [6, 6.07) is 0. The number of Topliss-reactive ketones (excluding diaryl/α,β-unsaturated/α-hetero) is 1. The summed E-state index contributed by atoms with van der Waals surface area (Å²) in [4.78, 5) is 36.5. The number of esters is 2. The summed E-state index contributed by atoms with van der Waals surface area (Å²) in [5.74, 6) is -1.36. The molecule has 5 nitrogen and oxygen atoms in total. The Labute approximate surface area is 141 Å². The first kappa shape index (κ1) is 16.7. The minimum Gasteiger partial charge on any atom is -0.458 e. The van der Waals surface area contributed by atoms with Crippen molar-refractivity contribution in [3.05, 3.63) is 35.5 Å². The molecule has 3 rings (SSSR count). The Morgan fingerprint density at radius 1 is 1.25 bits per heavy atom. The van der Waals surface area contributed by atoms with Crippen LogP contribution in [0.3, 0.4) is 0 Å². The highest BCUT2D eigenvalue weighted by molar-refractivity contribution is 6.00. The number of ketones is 1. The molecule has 0 N–H and O–H groups in total. The second-order valence-corrected chi connectivity index (χ2v) is 7.17. The Hall–Kier alpha value is -2.17. The van der Waals surface area contributed by atoms with E-state index in [1.165, 1.54) is 0 Å². The van der Waals surface area contributed by atoms with Gasteiger partial charge in [0.05, 0.1) is 5.92 Å². The monoisotopic (exact) mass is 330 g/mol. The van der Waals surface area contributed by atoms with Gasteiger partial charge in [-0.25, -0.2) is 9.59 Å². The van der Waals surface area contributed by atoms with Crippen LogP contribution in [0.25, 0.3) is 0 Å². The molecule has 2 fully saturated rings. The third kappa shape index (κ3) is 2.43. The summed E-state index contributed by atoms with van der Waals surface area (Å²) < 4.78 is 11.2. The lowest BCUT2D eigenvalue weighted by Gasteiger charge is -2.29. The summed E-state index contributed by atoms with van der Waals surface area (Å²) in [7, 11) is 0. The molecular weight excluding hydrogens is 308 g/mol. The molecule has 0 spiro atoms. The molecule has 1 heterocycles. The zero-order valence-electron chi connectivity index (χ0n) is 14.3. The van der Waals surface area contributed by atoms with Gasteiger partial charge in [-0.1, -0.05) is 25.7 Å². The van der Waals surface area contributed by atoms with E-state index in [9.17, 15) is 14.4 Å². The maximum Gasteiger partial charge on any atom is 0.334 e. The second kappa shape index (κ2) is 5.72. The third-order valence-electron chi connectivity index (χ3n) is 5.34. The zero-order valence-corrected chi connectivity index (χ0v) is 14.3. The van der Waals surface area contributed by atoms with E-state index in [4.69, 9.17) is 9.47 Å². The minimum atomic E-state index is -0.573. The Bertz CT molecular complexity index is 699. The van der Waals surface area contributed by atoms with E-state index >= 15 is 0 Å². The number of ether oxygens (including phenoxy) is 2. The maximum absolute atomic E-state index is 12.4. The van der Waals surface area contributed by atoms with Crippen LogP contribution in [0.5, 0.6) is 0 Å². The molecule has 0 aromatic heterocycles. The average Bonchev–Trinajstić information content (AvgIpc) is 2.89. The molecule has 0 aromatic carbocycles. The van der Waals surface area contributed by atoms with Crippen molar-refractivity contribution in [2.45, 2.75) is 45.8 Å². The lowest BCUT2D eigenvalue weighted by molar-refractivity contribution is -0.148. The number of carbonyl (C=O) groups excluding carboxylic acids is 3. The predicted molar refractivity (Wildman–Crippen MR) is 86.8 cm³/mol. The SMILES string of the molecule is C=C(C)C(=O)O[C@H]1CC(C)=C2C(=O)C[C@@H](C)C2[C@H]2OC(=O)C(=C)[C@H]12.